The van der Waals surface area contributed by atoms with Crippen LogP contribution in [0.2, 0.25) is 5.02 Å². The van der Waals surface area contributed by atoms with E-state index >= 15 is 0 Å². The Morgan fingerprint density at radius 1 is 0.947 bits per heavy atom. The summed E-state index contributed by atoms with van der Waals surface area (Å²) >= 11 is 6.15. The Kier molecular flexibility index (Phi) is 3.86. The molecule has 1 N–H and O–H groups in total. The third kappa shape index (κ3) is 2.99. The number of nitrogens with one attached hydrogen (secondary N) is 1. The van der Waals surface area contributed by atoms with Gasteiger partial charge < -0.3 is 5.32 Å². The molecule has 0 atom stereocenters. The van der Waals surface area contributed by atoms with Crippen molar-refractivity contribution in [1.29, 1.82) is 0 Å². The maximum absolute atomic E-state index is 6.15. The number of halogens is 1. The van der Waals surface area contributed by atoms with Crippen LogP contribution in [0.5, 0.6) is 0 Å². The summed E-state index contributed by atoms with van der Waals surface area (Å²) in [4.78, 5) is 0. The number of benzene rings is 2. The highest BCUT2D eigenvalue weighted by atomic mass is 35.5. The van der Waals surface area contributed by atoms with Crippen molar-refractivity contribution >= 4 is 11.6 Å². The Morgan fingerprint density at radius 2 is 1.63 bits per heavy atom. The summed E-state index contributed by atoms with van der Waals surface area (Å²) in [7, 11) is 0. The molecule has 0 unspecified atom stereocenters. The maximum Gasteiger partial charge on any atom is 0.0450 e. The molecular formula is C17H18ClN. The minimum atomic E-state index is 0.626. The van der Waals surface area contributed by atoms with Gasteiger partial charge >= 0.3 is 0 Å². The van der Waals surface area contributed by atoms with E-state index in [2.05, 4.69) is 41.7 Å². The lowest BCUT2D eigenvalue weighted by molar-refractivity contribution is 0.289. The van der Waals surface area contributed by atoms with E-state index in [9.17, 15) is 0 Å². The summed E-state index contributed by atoms with van der Waals surface area (Å²) in [5, 5.41) is 4.45. The van der Waals surface area contributed by atoms with Crippen molar-refractivity contribution in [3.8, 4) is 0 Å². The molecular weight excluding hydrogens is 254 g/mol. The Hall–Kier alpha value is -1.31. The van der Waals surface area contributed by atoms with Crippen LogP contribution in [0.3, 0.4) is 0 Å². The fraction of sp³-hybridized carbons (Fsp3) is 0.294. The summed E-state index contributed by atoms with van der Waals surface area (Å²) < 4.78 is 0. The SMILES string of the molecule is Clc1ccccc1CNC1CC(c2ccccc2)C1. The van der Waals surface area contributed by atoms with E-state index in [4.69, 9.17) is 11.6 Å². The summed E-state index contributed by atoms with van der Waals surface area (Å²) in [6, 6.07) is 19.5. The Morgan fingerprint density at radius 3 is 2.37 bits per heavy atom. The van der Waals surface area contributed by atoms with Gasteiger partial charge in [0, 0.05) is 17.6 Å². The first kappa shape index (κ1) is 12.7. The van der Waals surface area contributed by atoms with Gasteiger partial charge in [-0.3, -0.25) is 0 Å². The van der Waals surface area contributed by atoms with Gasteiger partial charge in [0.05, 0.1) is 0 Å². The average molecular weight is 272 g/mol. The highest BCUT2D eigenvalue weighted by molar-refractivity contribution is 6.31. The van der Waals surface area contributed by atoms with Crippen LogP contribution in [0.1, 0.15) is 29.9 Å². The minimum Gasteiger partial charge on any atom is -0.310 e. The molecule has 0 bridgehead atoms. The zero-order chi connectivity index (χ0) is 13.1. The van der Waals surface area contributed by atoms with Crippen molar-refractivity contribution in [2.24, 2.45) is 0 Å². The molecule has 0 aromatic heterocycles. The van der Waals surface area contributed by atoms with Crippen molar-refractivity contribution in [3.05, 3.63) is 70.7 Å². The third-order valence-corrected chi connectivity index (χ3v) is 4.32. The largest absolute Gasteiger partial charge is 0.310 e. The third-order valence-electron chi connectivity index (χ3n) is 3.95. The van der Waals surface area contributed by atoms with E-state index < -0.39 is 0 Å². The van der Waals surface area contributed by atoms with Gasteiger partial charge in [0.25, 0.3) is 0 Å². The second kappa shape index (κ2) is 5.77. The predicted octanol–water partition coefficient (Wildman–Crippen LogP) is 4.38. The number of hydrogen-bond donors (Lipinski definition) is 1. The molecule has 2 aromatic carbocycles. The zero-order valence-corrected chi connectivity index (χ0v) is 11.6. The molecule has 0 aliphatic heterocycles. The van der Waals surface area contributed by atoms with Gasteiger partial charge in [-0.15, -0.1) is 0 Å². The highest BCUT2D eigenvalue weighted by Crippen LogP contribution is 2.36. The summed E-state index contributed by atoms with van der Waals surface area (Å²) in [6.45, 7) is 0.867. The quantitative estimate of drug-likeness (QED) is 0.870. The van der Waals surface area contributed by atoms with Crippen molar-refractivity contribution in [1.82, 2.24) is 5.32 Å². The van der Waals surface area contributed by atoms with Gasteiger partial charge in [-0.2, -0.15) is 0 Å². The zero-order valence-electron chi connectivity index (χ0n) is 10.9. The van der Waals surface area contributed by atoms with Gasteiger partial charge in [-0.25, -0.2) is 0 Å². The summed E-state index contributed by atoms with van der Waals surface area (Å²) in [6.07, 6.45) is 2.46. The Balaban J connectivity index is 1.49. The molecule has 1 saturated carbocycles. The first-order chi connectivity index (χ1) is 9.33. The minimum absolute atomic E-state index is 0.626. The number of hydrogen-bond acceptors (Lipinski definition) is 1. The van der Waals surface area contributed by atoms with Gasteiger partial charge in [-0.1, -0.05) is 60.1 Å². The van der Waals surface area contributed by atoms with Crippen LogP contribution in [0.25, 0.3) is 0 Å². The van der Waals surface area contributed by atoms with E-state index in [0.29, 0.717) is 6.04 Å². The van der Waals surface area contributed by atoms with Crippen LogP contribution < -0.4 is 5.32 Å². The van der Waals surface area contributed by atoms with Crippen molar-refractivity contribution in [2.75, 3.05) is 0 Å². The van der Waals surface area contributed by atoms with E-state index in [1.54, 1.807) is 0 Å². The second-order valence-corrected chi connectivity index (χ2v) is 5.66. The molecule has 1 aliphatic rings. The molecule has 1 nitrogen and oxygen atoms in total. The first-order valence-corrected chi connectivity index (χ1v) is 7.22. The van der Waals surface area contributed by atoms with E-state index in [0.717, 1.165) is 17.5 Å². The van der Waals surface area contributed by atoms with E-state index in [-0.39, 0.29) is 0 Å². The molecule has 0 radical (unpaired) electrons. The molecule has 1 fully saturated rings. The molecule has 2 heteroatoms. The Labute approximate surface area is 119 Å². The average Bonchev–Trinajstić information content (AvgIpc) is 2.40. The summed E-state index contributed by atoms with van der Waals surface area (Å²) in [5.74, 6) is 0.727. The van der Waals surface area contributed by atoms with Crippen LogP contribution in [0.4, 0.5) is 0 Å². The summed E-state index contributed by atoms with van der Waals surface area (Å²) in [5.41, 5.74) is 2.66. The lowest BCUT2D eigenvalue weighted by Gasteiger charge is -2.36. The van der Waals surface area contributed by atoms with E-state index in [1.807, 2.05) is 18.2 Å². The fourth-order valence-corrected chi connectivity index (χ4v) is 2.88. The van der Waals surface area contributed by atoms with Crippen LogP contribution in [0, 0.1) is 0 Å². The molecule has 1 aliphatic carbocycles. The smallest absolute Gasteiger partial charge is 0.0450 e. The van der Waals surface area contributed by atoms with Gasteiger partial charge in [0.15, 0.2) is 0 Å². The first-order valence-electron chi connectivity index (χ1n) is 6.84. The van der Waals surface area contributed by atoms with E-state index in [1.165, 1.54) is 24.0 Å². The molecule has 19 heavy (non-hydrogen) atoms. The molecule has 0 amide bonds. The monoisotopic (exact) mass is 271 g/mol. The predicted molar refractivity (Wildman–Crippen MR) is 80.5 cm³/mol. The van der Waals surface area contributed by atoms with Gasteiger partial charge in [0.2, 0.25) is 0 Å². The maximum atomic E-state index is 6.15. The van der Waals surface area contributed by atoms with Crippen LogP contribution in [0.15, 0.2) is 54.6 Å². The fourth-order valence-electron chi connectivity index (χ4n) is 2.68. The topological polar surface area (TPSA) is 12.0 Å². The molecule has 98 valence electrons. The molecule has 0 spiro atoms. The molecule has 0 saturated heterocycles. The van der Waals surface area contributed by atoms with Gasteiger partial charge in [0.1, 0.15) is 0 Å². The lowest BCUT2D eigenvalue weighted by Crippen LogP contribution is -2.39. The van der Waals surface area contributed by atoms with Crippen LogP contribution >= 0.6 is 11.6 Å². The van der Waals surface area contributed by atoms with Crippen molar-refractivity contribution in [3.63, 3.8) is 0 Å². The standard InChI is InChI=1S/C17H18ClN/c18-17-9-5-4-8-14(17)12-19-16-10-15(11-16)13-6-2-1-3-7-13/h1-9,15-16,19H,10-12H2. The molecule has 3 rings (SSSR count). The highest BCUT2D eigenvalue weighted by Gasteiger charge is 2.29. The molecule has 2 aromatic rings. The van der Waals surface area contributed by atoms with Crippen molar-refractivity contribution < 1.29 is 0 Å². The van der Waals surface area contributed by atoms with Crippen LogP contribution in [-0.2, 0) is 6.54 Å². The lowest BCUT2D eigenvalue weighted by atomic mass is 9.76. The normalized spacial score (nSPS) is 21.9. The van der Waals surface area contributed by atoms with Crippen molar-refractivity contribution in [2.45, 2.75) is 31.3 Å². The Bertz CT molecular complexity index is 532. The van der Waals surface area contributed by atoms with Crippen LogP contribution in [-0.4, -0.2) is 6.04 Å². The van der Waals surface area contributed by atoms with Gasteiger partial charge in [-0.05, 0) is 36.0 Å². The molecule has 0 heterocycles. The number of rotatable bonds is 4. The second-order valence-electron chi connectivity index (χ2n) is 5.25.